The number of nitrogens with zero attached hydrogens (tertiary/aromatic N) is 3. The number of piperazine rings is 1. The third-order valence-corrected chi connectivity index (χ3v) is 5.15. The predicted molar refractivity (Wildman–Crippen MR) is 96.3 cm³/mol. The van der Waals surface area contributed by atoms with Crippen molar-refractivity contribution in [3.05, 3.63) is 24.5 Å². The maximum atomic E-state index is 12.9. The minimum atomic E-state index is -0.352. The van der Waals surface area contributed by atoms with Gasteiger partial charge in [0.1, 0.15) is 0 Å². The highest BCUT2D eigenvalue weighted by Gasteiger charge is 2.37. The van der Waals surface area contributed by atoms with Gasteiger partial charge in [0.25, 0.3) is 0 Å². The summed E-state index contributed by atoms with van der Waals surface area (Å²) in [4.78, 5) is 32.7. The molecule has 3 amide bonds. The number of rotatable bonds is 4. The quantitative estimate of drug-likeness (QED) is 0.860. The van der Waals surface area contributed by atoms with E-state index in [0.29, 0.717) is 26.1 Å². The smallest absolute Gasteiger partial charge is 0.315 e. The topological polar surface area (TPSA) is 77.6 Å². The van der Waals surface area contributed by atoms with Crippen LogP contribution in [-0.4, -0.2) is 59.6 Å². The van der Waals surface area contributed by atoms with Gasteiger partial charge in [0, 0.05) is 44.3 Å². The van der Waals surface area contributed by atoms with Crippen LogP contribution in [0.15, 0.2) is 24.5 Å². The van der Waals surface area contributed by atoms with Gasteiger partial charge in [0.2, 0.25) is 5.91 Å². The summed E-state index contributed by atoms with van der Waals surface area (Å²) in [6.07, 6.45) is 4.28. The Bertz CT molecular complexity index is 638. The fraction of sp³-hybridized carbons (Fsp3) is 0.611. The van der Waals surface area contributed by atoms with Crippen molar-refractivity contribution in [3.63, 3.8) is 0 Å². The van der Waals surface area contributed by atoms with E-state index in [0.717, 1.165) is 12.2 Å². The number of amides is 3. The standard InChI is InChI=1S/C18H27N5O2/c1-13(9-18(3)12-20-17(25)21-18)16(24)22-7-8-23(14(2)11-22)15-5-4-6-19-10-15/h4-6,10,13-14H,7-9,11-12H2,1-3H3,(H2,20,21,25)/t13?,14-,18?/m0/s1. The lowest BCUT2D eigenvalue weighted by atomic mass is 9.89. The van der Waals surface area contributed by atoms with Crippen molar-refractivity contribution in [1.29, 1.82) is 0 Å². The second kappa shape index (κ2) is 6.90. The molecule has 1 aromatic heterocycles. The third kappa shape index (κ3) is 3.86. The van der Waals surface area contributed by atoms with E-state index < -0.39 is 0 Å². The summed E-state index contributed by atoms with van der Waals surface area (Å²) >= 11 is 0. The van der Waals surface area contributed by atoms with E-state index in [9.17, 15) is 9.59 Å². The van der Waals surface area contributed by atoms with Crippen LogP contribution in [0.5, 0.6) is 0 Å². The van der Waals surface area contributed by atoms with E-state index in [1.807, 2.05) is 31.0 Å². The van der Waals surface area contributed by atoms with Crippen molar-refractivity contribution in [3.8, 4) is 0 Å². The maximum absolute atomic E-state index is 12.9. The van der Waals surface area contributed by atoms with E-state index in [1.54, 1.807) is 6.20 Å². The van der Waals surface area contributed by atoms with Crippen LogP contribution in [0, 0.1) is 5.92 Å². The summed E-state index contributed by atoms with van der Waals surface area (Å²) in [7, 11) is 0. The van der Waals surface area contributed by atoms with Crippen LogP contribution in [0.2, 0.25) is 0 Å². The zero-order valence-corrected chi connectivity index (χ0v) is 15.2. The Morgan fingerprint density at radius 1 is 1.48 bits per heavy atom. The number of nitrogens with one attached hydrogen (secondary N) is 2. The Kier molecular flexibility index (Phi) is 4.83. The molecule has 0 spiro atoms. The van der Waals surface area contributed by atoms with Gasteiger partial charge in [-0.25, -0.2) is 4.79 Å². The Hall–Kier alpha value is -2.31. The molecule has 0 aliphatic carbocycles. The first-order chi connectivity index (χ1) is 11.9. The lowest BCUT2D eigenvalue weighted by Crippen LogP contribution is -2.55. The first-order valence-corrected chi connectivity index (χ1v) is 8.89. The number of carbonyl (C=O) groups is 2. The molecule has 0 aromatic carbocycles. The molecule has 2 saturated heterocycles. The molecular formula is C18H27N5O2. The van der Waals surface area contributed by atoms with Crippen LogP contribution >= 0.6 is 0 Å². The Labute approximate surface area is 148 Å². The van der Waals surface area contributed by atoms with Crippen LogP contribution in [0.4, 0.5) is 10.5 Å². The molecule has 2 aliphatic heterocycles. The third-order valence-electron chi connectivity index (χ3n) is 5.15. The highest BCUT2D eigenvalue weighted by atomic mass is 16.2. The summed E-state index contributed by atoms with van der Waals surface area (Å²) in [5.41, 5.74) is 0.748. The number of hydrogen-bond acceptors (Lipinski definition) is 4. The van der Waals surface area contributed by atoms with Crippen LogP contribution in [0.3, 0.4) is 0 Å². The van der Waals surface area contributed by atoms with Crippen molar-refractivity contribution in [2.75, 3.05) is 31.1 Å². The Morgan fingerprint density at radius 3 is 2.88 bits per heavy atom. The van der Waals surface area contributed by atoms with Gasteiger partial charge in [-0.15, -0.1) is 0 Å². The second-order valence-corrected chi connectivity index (χ2v) is 7.51. The number of hydrogen-bond donors (Lipinski definition) is 2. The monoisotopic (exact) mass is 345 g/mol. The van der Waals surface area contributed by atoms with Gasteiger partial charge in [-0.2, -0.15) is 0 Å². The van der Waals surface area contributed by atoms with Crippen LogP contribution in [0.1, 0.15) is 27.2 Å². The molecule has 1 aromatic rings. The van der Waals surface area contributed by atoms with Crippen LogP contribution in [-0.2, 0) is 4.79 Å². The van der Waals surface area contributed by atoms with Gasteiger partial charge < -0.3 is 20.4 Å². The van der Waals surface area contributed by atoms with E-state index in [1.165, 1.54) is 0 Å². The van der Waals surface area contributed by atoms with Crippen molar-refractivity contribution >= 4 is 17.6 Å². The number of pyridine rings is 1. The maximum Gasteiger partial charge on any atom is 0.315 e. The van der Waals surface area contributed by atoms with Gasteiger partial charge in [0.05, 0.1) is 17.4 Å². The van der Waals surface area contributed by atoms with Gasteiger partial charge >= 0.3 is 6.03 Å². The average molecular weight is 345 g/mol. The number of carbonyl (C=O) groups excluding carboxylic acids is 2. The fourth-order valence-electron chi connectivity index (χ4n) is 3.90. The summed E-state index contributed by atoms with van der Waals surface area (Å²) in [5, 5.41) is 5.70. The largest absolute Gasteiger partial charge is 0.364 e. The SMILES string of the molecule is CC(CC1(C)CNC(=O)N1)C(=O)N1CCN(c2cccnc2)[C@@H](C)C1. The van der Waals surface area contributed by atoms with E-state index in [-0.39, 0.29) is 29.4 Å². The summed E-state index contributed by atoms with van der Waals surface area (Å²) in [6, 6.07) is 4.09. The molecule has 3 heterocycles. The molecular weight excluding hydrogens is 318 g/mol. The van der Waals surface area contributed by atoms with E-state index in [2.05, 4.69) is 33.5 Å². The molecule has 2 unspecified atom stereocenters. The number of aromatic nitrogens is 1. The molecule has 7 heteroatoms. The first-order valence-electron chi connectivity index (χ1n) is 8.89. The molecule has 3 atom stereocenters. The van der Waals surface area contributed by atoms with Crippen molar-refractivity contribution in [2.24, 2.45) is 5.92 Å². The molecule has 136 valence electrons. The van der Waals surface area contributed by atoms with Gasteiger partial charge in [-0.3, -0.25) is 9.78 Å². The van der Waals surface area contributed by atoms with Gasteiger partial charge in [-0.1, -0.05) is 6.92 Å². The van der Waals surface area contributed by atoms with Gasteiger partial charge in [0.15, 0.2) is 0 Å². The summed E-state index contributed by atoms with van der Waals surface area (Å²) < 4.78 is 0. The molecule has 3 rings (SSSR count). The lowest BCUT2D eigenvalue weighted by molar-refractivity contribution is -0.136. The molecule has 2 N–H and O–H groups in total. The molecule has 0 bridgehead atoms. The molecule has 0 radical (unpaired) electrons. The predicted octanol–water partition coefficient (Wildman–Crippen LogP) is 1.22. The van der Waals surface area contributed by atoms with E-state index >= 15 is 0 Å². The molecule has 7 nitrogen and oxygen atoms in total. The van der Waals surface area contributed by atoms with Crippen molar-refractivity contribution in [1.82, 2.24) is 20.5 Å². The second-order valence-electron chi connectivity index (χ2n) is 7.51. The minimum Gasteiger partial charge on any atom is -0.364 e. The van der Waals surface area contributed by atoms with E-state index in [4.69, 9.17) is 0 Å². The van der Waals surface area contributed by atoms with Crippen molar-refractivity contribution < 1.29 is 9.59 Å². The molecule has 0 saturated carbocycles. The number of anilines is 1. The van der Waals surface area contributed by atoms with Crippen molar-refractivity contribution in [2.45, 2.75) is 38.8 Å². The minimum absolute atomic E-state index is 0.123. The molecule has 25 heavy (non-hydrogen) atoms. The highest BCUT2D eigenvalue weighted by molar-refractivity contribution is 5.80. The Balaban J connectivity index is 1.58. The van der Waals surface area contributed by atoms with Crippen LogP contribution < -0.4 is 15.5 Å². The molecule has 2 fully saturated rings. The van der Waals surface area contributed by atoms with Crippen LogP contribution in [0.25, 0.3) is 0 Å². The average Bonchev–Trinajstić information content (AvgIpc) is 2.93. The number of urea groups is 1. The highest BCUT2D eigenvalue weighted by Crippen LogP contribution is 2.24. The zero-order chi connectivity index (χ0) is 18.0. The van der Waals surface area contributed by atoms with Gasteiger partial charge in [-0.05, 0) is 32.4 Å². The first kappa shape index (κ1) is 17.5. The summed E-state index contributed by atoms with van der Waals surface area (Å²) in [5.74, 6) is 0.0439. The Morgan fingerprint density at radius 2 is 2.28 bits per heavy atom. The fourth-order valence-corrected chi connectivity index (χ4v) is 3.90. The lowest BCUT2D eigenvalue weighted by Gasteiger charge is -2.42. The summed E-state index contributed by atoms with van der Waals surface area (Å²) in [6.45, 7) is 8.87. The zero-order valence-electron chi connectivity index (χ0n) is 15.2. The molecule has 2 aliphatic rings. The normalized spacial score (nSPS) is 27.6.